The van der Waals surface area contributed by atoms with Crippen LogP contribution >= 0.6 is 38.6 Å². The molecule has 4 heterocycles. The maximum absolute atomic E-state index is 13.9. The number of carbonyl (C=O) groups excluding carboxylic acids is 1. The quantitative estimate of drug-likeness (QED) is 0.318. The Morgan fingerprint density at radius 3 is 2.70 bits per heavy atom. The lowest BCUT2D eigenvalue weighted by Crippen LogP contribution is -2.40. The summed E-state index contributed by atoms with van der Waals surface area (Å²) in [6.07, 6.45) is 1.85. The summed E-state index contributed by atoms with van der Waals surface area (Å²) in [5.74, 6) is 0.651. The fourth-order valence-electron chi connectivity index (χ4n) is 4.37. The first-order valence-electron chi connectivity index (χ1n) is 11.5. The first-order valence-corrected chi connectivity index (χ1v) is 13.9. The van der Waals surface area contributed by atoms with Crippen molar-refractivity contribution in [2.75, 3.05) is 13.4 Å². The van der Waals surface area contributed by atoms with Crippen LogP contribution in [0.5, 0.6) is 11.5 Å². The van der Waals surface area contributed by atoms with Gasteiger partial charge >= 0.3 is 5.97 Å². The second-order valence-corrected chi connectivity index (χ2v) is 11.7. The number of thiophene rings is 1. The van der Waals surface area contributed by atoms with Gasteiger partial charge < -0.3 is 14.2 Å². The molecular formula is C27H19BrN2O5S2. The minimum absolute atomic E-state index is 0.119. The van der Waals surface area contributed by atoms with Gasteiger partial charge in [0.25, 0.3) is 5.56 Å². The van der Waals surface area contributed by atoms with E-state index in [1.165, 1.54) is 22.7 Å². The van der Waals surface area contributed by atoms with Crippen molar-refractivity contribution in [1.29, 1.82) is 0 Å². The number of fused-ring (bicyclic) bond motifs is 2. The van der Waals surface area contributed by atoms with Gasteiger partial charge in [0.15, 0.2) is 16.3 Å². The summed E-state index contributed by atoms with van der Waals surface area (Å²) in [5.41, 5.74) is 2.00. The molecule has 2 aliphatic rings. The average molecular weight is 595 g/mol. The van der Waals surface area contributed by atoms with Crippen molar-refractivity contribution in [2.24, 2.45) is 4.99 Å². The van der Waals surface area contributed by atoms with Crippen molar-refractivity contribution in [2.45, 2.75) is 13.0 Å². The van der Waals surface area contributed by atoms with E-state index < -0.39 is 12.0 Å². The number of hydrogen-bond acceptors (Lipinski definition) is 8. The highest BCUT2D eigenvalue weighted by Crippen LogP contribution is 2.40. The lowest BCUT2D eigenvalue weighted by atomic mass is 9.93. The number of thiazole rings is 1. The number of hydrogen-bond donors (Lipinski definition) is 0. The molecule has 6 rings (SSSR count). The number of rotatable bonds is 5. The SMILES string of the molecule is CCOC(=O)C1=C(c2ccccc2)N=c2s/c(=C/c3ccc(Br)s3)c(=O)n2[C@H]1c1ccc2c(c1)OCO2. The van der Waals surface area contributed by atoms with Crippen LogP contribution in [0.15, 0.2) is 79.8 Å². The molecule has 0 amide bonds. The molecule has 1 atom stereocenters. The average Bonchev–Trinajstić information content (AvgIpc) is 3.62. The van der Waals surface area contributed by atoms with Crippen LogP contribution in [-0.4, -0.2) is 23.9 Å². The van der Waals surface area contributed by atoms with E-state index in [0.717, 1.165) is 14.2 Å². The van der Waals surface area contributed by atoms with Crippen molar-refractivity contribution in [3.05, 3.63) is 106 Å². The Labute approximate surface area is 227 Å². The molecule has 37 heavy (non-hydrogen) atoms. The van der Waals surface area contributed by atoms with Crippen LogP contribution in [0.2, 0.25) is 0 Å². The molecule has 0 bridgehead atoms. The van der Waals surface area contributed by atoms with Crippen molar-refractivity contribution in [3.63, 3.8) is 0 Å². The normalized spacial score (nSPS) is 16.5. The number of carbonyl (C=O) groups is 1. The highest BCUT2D eigenvalue weighted by Gasteiger charge is 2.36. The molecule has 0 unspecified atom stereocenters. The van der Waals surface area contributed by atoms with Crippen LogP contribution in [0, 0.1) is 0 Å². The fourth-order valence-corrected chi connectivity index (χ4v) is 6.81. The predicted molar refractivity (Wildman–Crippen MR) is 146 cm³/mol. The second-order valence-electron chi connectivity index (χ2n) is 8.19. The van der Waals surface area contributed by atoms with Gasteiger partial charge in [0.1, 0.15) is 0 Å². The van der Waals surface area contributed by atoms with Gasteiger partial charge in [0, 0.05) is 10.4 Å². The fraction of sp³-hybridized carbons (Fsp3) is 0.148. The van der Waals surface area contributed by atoms with E-state index in [4.69, 9.17) is 19.2 Å². The summed E-state index contributed by atoms with van der Waals surface area (Å²) in [6.45, 7) is 2.06. The number of aromatic nitrogens is 1. The van der Waals surface area contributed by atoms with Gasteiger partial charge in [-0.25, -0.2) is 9.79 Å². The summed E-state index contributed by atoms with van der Waals surface area (Å²) in [7, 11) is 0. The van der Waals surface area contributed by atoms with Gasteiger partial charge in [0.2, 0.25) is 6.79 Å². The monoisotopic (exact) mass is 594 g/mol. The lowest BCUT2D eigenvalue weighted by Gasteiger charge is -2.26. The minimum atomic E-state index is -0.766. The second kappa shape index (κ2) is 9.77. The van der Waals surface area contributed by atoms with Gasteiger partial charge in [-0.1, -0.05) is 47.7 Å². The molecular weight excluding hydrogens is 576 g/mol. The third-order valence-corrected chi connectivity index (χ3v) is 8.51. The lowest BCUT2D eigenvalue weighted by molar-refractivity contribution is -0.138. The van der Waals surface area contributed by atoms with Crippen molar-refractivity contribution in [1.82, 2.24) is 4.57 Å². The highest BCUT2D eigenvalue weighted by molar-refractivity contribution is 9.11. The van der Waals surface area contributed by atoms with Crippen molar-refractivity contribution < 1.29 is 19.0 Å². The molecule has 7 nitrogen and oxygen atoms in total. The molecule has 0 radical (unpaired) electrons. The van der Waals surface area contributed by atoms with E-state index in [2.05, 4.69) is 15.9 Å². The number of halogens is 1. The van der Waals surface area contributed by atoms with Gasteiger partial charge in [-0.05, 0) is 58.8 Å². The molecule has 0 spiro atoms. The first kappa shape index (κ1) is 23.9. The minimum Gasteiger partial charge on any atom is -0.463 e. The highest BCUT2D eigenvalue weighted by atomic mass is 79.9. The van der Waals surface area contributed by atoms with Crippen LogP contribution in [0.3, 0.4) is 0 Å². The van der Waals surface area contributed by atoms with Crippen molar-refractivity contribution in [3.8, 4) is 11.5 Å². The Morgan fingerprint density at radius 1 is 1.14 bits per heavy atom. The third-order valence-electron chi connectivity index (χ3n) is 5.95. The van der Waals surface area contributed by atoms with Crippen LogP contribution < -0.4 is 24.4 Å². The third kappa shape index (κ3) is 4.35. The van der Waals surface area contributed by atoms with E-state index >= 15 is 0 Å². The zero-order chi connectivity index (χ0) is 25.5. The standard InChI is InChI=1S/C27H19BrN2O5S2/c1-2-33-26(32)22-23(15-6-4-3-5-7-15)29-27-30(24(22)16-8-10-18-19(12-16)35-14-34-18)25(31)20(37-27)13-17-9-11-21(28)36-17/h3-13,24H,2,14H2,1H3/b20-13+/t24-/m0/s1. The van der Waals surface area contributed by atoms with E-state index in [0.29, 0.717) is 37.7 Å². The first-order chi connectivity index (χ1) is 18.0. The summed E-state index contributed by atoms with van der Waals surface area (Å²) >= 11 is 6.30. The molecule has 0 fully saturated rings. The summed E-state index contributed by atoms with van der Waals surface area (Å²) in [5, 5.41) is 0. The predicted octanol–water partition coefficient (Wildman–Crippen LogP) is 4.49. The molecule has 2 aromatic heterocycles. The zero-order valence-corrected chi connectivity index (χ0v) is 22.7. The Bertz CT molecular complexity index is 1740. The van der Waals surface area contributed by atoms with Crippen LogP contribution in [-0.2, 0) is 9.53 Å². The van der Waals surface area contributed by atoms with Crippen LogP contribution in [0.1, 0.15) is 29.0 Å². The largest absolute Gasteiger partial charge is 0.463 e. The number of esters is 1. The van der Waals surface area contributed by atoms with E-state index in [1.807, 2.05) is 60.7 Å². The number of ether oxygens (including phenoxy) is 3. The molecule has 0 aliphatic carbocycles. The Morgan fingerprint density at radius 2 is 1.95 bits per heavy atom. The van der Waals surface area contributed by atoms with Gasteiger partial charge in [-0.15, -0.1) is 11.3 Å². The van der Waals surface area contributed by atoms with Crippen molar-refractivity contribution >= 4 is 56.3 Å². The van der Waals surface area contributed by atoms with Gasteiger partial charge in [-0.3, -0.25) is 9.36 Å². The molecule has 186 valence electrons. The smallest absolute Gasteiger partial charge is 0.338 e. The summed E-state index contributed by atoms with van der Waals surface area (Å²) in [4.78, 5) is 33.6. The maximum atomic E-state index is 13.9. The van der Waals surface area contributed by atoms with Crippen LogP contribution in [0.25, 0.3) is 11.8 Å². The molecule has 0 saturated heterocycles. The topological polar surface area (TPSA) is 79.1 Å². The Balaban J connectivity index is 1.65. The Kier molecular flexibility index (Phi) is 6.31. The van der Waals surface area contributed by atoms with Gasteiger partial charge in [-0.2, -0.15) is 0 Å². The Hall–Kier alpha value is -3.47. The van der Waals surface area contributed by atoms with Crippen LogP contribution in [0.4, 0.5) is 0 Å². The molecule has 2 aromatic carbocycles. The van der Waals surface area contributed by atoms with E-state index in [9.17, 15) is 9.59 Å². The molecule has 0 saturated carbocycles. The van der Waals surface area contributed by atoms with E-state index in [-0.39, 0.29) is 19.0 Å². The molecule has 2 aliphatic heterocycles. The molecule has 0 N–H and O–H groups in total. The maximum Gasteiger partial charge on any atom is 0.338 e. The summed E-state index contributed by atoms with van der Waals surface area (Å²) in [6, 6.07) is 18.0. The number of nitrogens with zero attached hydrogens (tertiary/aromatic N) is 2. The zero-order valence-electron chi connectivity index (χ0n) is 19.5. The molecule has 10 heteroatoms. The van der Waals surface area contributed by atoms with E-state index in [1.54, 1.807) is 17.6 Å². The number of benzene rings is 2. The summed E-state index contributed by atoms with van der Waals surface area (Å²) < 4.78 is 19.7. The molecule has 4 aromatic rings. The van der Waals surface area contributed by atoms with Gasteiger partial charge in [0.05, 0.1) is 32.2 Å².